The molecule has 3 nitrogen and oxygen atoms in total. The average Bonchev–Trinajstić information content (AvgIpc) is 3.10. The molecule has 0 saturated carbocycles. The Morgan fingerprint density at radius 2 is 2.19 bits per heavy atom. The van der Waals surface area contributed by atoms with Crippen LogP contribution >= 0.6 is 11.8 Å². The predicted molar refractivity (Wildman–Crippen MR) is 86.6 cm³/mol. The number of hydrogen-bond donors (Lipinski definition) is 0. The van der Waals surface area contributed by atoms with Crippen LogP contribution in [0.1, 0.15) is 25.2 Å². The Bertz CT molecular complexity index is 623. The van der Waals surface area contributed by atoms with Gasteiger partial charge in [-0.3, -0.25) is 4.79 Å². The molecule has 2 heterocycles. The molecule has 0 N–H and O–H groups in total. The standard InChI is InChI=1S/C17H19NO2S/c1-12-10-14-6-3-4-8-16(14)18(12)17(19)13(2)21-11-15-7-5-9-20-15/h3-9,12-13H,10-11H2,1-2H3. The highest BCUT2D eigenvalue weighted by molar-refractivity contribution is 7.99. The summed E-state index contributed by atoms with van der Waals surface area (Å²) < 4.78 is 5.32. The van der Waals surface area contributed by atoms with E-state index in [1.54, 1.807) is 18.0 Å². The molecule has 3 rings (SSSR count). The largest absolute Gasteiger partial charge is 0.468 e. The van der Waals surface area contributed by atoms with E-state index in [2.05, 4.69) is 13.0 Å². The molecule has 0 fully saturated rings. The number of carbonyl (C=O) groups excluding carboxylic acids is 1. The number of benzene rings is 1. The van der Waals surface area contributed by atoms with E-state index in [1.165, 1.54) is 5.56 Å². The number of nitrogens with zero attached hydrogens (tertiary/aromatic N) is 1. The molecular weight excluding hydrogens is 282 g/mol. The number of carbonyl (C=O) groups is 1. The first-order valence-electron chi connectivity index (χ1n) is 7.22. The molecule has 2 aromatic rings. The Morgan fingerprint density at radius 1 is 1.38 bits per heavy atom. The Balaban J connectivity index is 1.69. The van der Waals surface area contributed by atoms with Crippen molar-refractivity contribution in [1.82, 2.24) is 0 Å². The van der Waals surface area contributed by atoms with Gasteiger partial charge in [0.1, 0.15) is 5.76 Å². The summed E-state index contributed by atoms with van der Waals surface area (Å²) in [7, 11) is 0. The zero-order chi connectivity index (χ0) is 14.8. The van der Waals surface area contributed by atoms with Gasteiger partial charge >= 0.3 is 0 Å². The monoisotopic (exact) mass is 301 g/mol. The summed E-state index contributed by atoms with van der Waals surface area (Å²) in [4.78, 5) is 14.7. The van der Waals surface area contributed by atoms with Gasteiger partial charge in [-0.25, -0.2) is 0 Å². The molecule has 0 radical (unpaired) electrons. The van der Waals surface area contributed by atoms with E-state index in [4.69, 9.17) is 4.42 Å². The van der Waals surface area contributed by atoms with Crippen LogP contribution < -0.4 is 4.90 Å². The molecule has 2 unspecified atom stereocenters. The third kappa shape index (κ3) is 2.86. The molecule has 0 bridgehead atoms. The van der Waals surface area contributed by atoms with Crippen LogP contribution in [0.15, 0.2) is 47.1 Å². The molecule has 1 aliphatic rings. The Kier molecular flexibility index (Phi) is 4.06. The van der Waals surface area contributed by atoms with Gasteiger partial charge in [0.15, 0.2) is 0 Å². The van der Waals surface area contributed by atoms with Crippen LogP contribution in [0, 0.1) is 0 Å². The number of furan rings is 1. The molecule has 0 saturated heterocycles. The highest BCUT2D eigenvalue weighted by Gasteiger charge is 2.33. The Hall–Kier alpha value is -1.68. The lowest BCUT2D eigenvalue weighted by Crippen LogP contribution is -2.40. The van der Waals surface area contributed by atoms with Crippen LogP contribution in [0.5, 0.6) is 0 Å². The summed E-state index contributed by atoms with van der Waals surface area (Å²) in [6.45, 7) is 4.09. The molecule has 1 aromatic carbocycles. The fourth-order valence-corrected chi connectivity index (χ4v) is 3.61. The normalized spacial score (nSPS) is 18.6. The Morgan fingerprint density at radius 3 is 2.95 bits per heavy atom. The van der Waals surface area contributed by atoms with Crippen LogP contribution in [0.25, 0.3) is 0 Å². The lowest BCUT2D eigenvalue weighted by molar-refractivity contribution is -0.118. The number of rotatable bonds is 4. The summed E-state index contributed by atoms with van der Waals surface area (Å²) in [5.41, 5.74) is 2.34. The summed E-state index contributed by atoms with van der Waals surface area (Å²) in [6.07, 6.45) is 2.61. The highest BCUT2D eigenvalue weighted by Crippen LogP contribution is 2.33. The second-order valence-electron chi connectivity index (χ2n) is 5.42. The average molecular weight is 301 g/mol. The van der Waals surface area contributed by atoms with Gasteiger partial charge in [-0.05, 0) is 44.0 Å². The SMILES string of the molecule is CC(SCc1ccco1)C(=O)N1c2ccccc2CC1C. The van der Waals surface area contributed by atoms with E-state index in [1.807, 2.05) is 42.2 Å². The van der Waals surface area contributed by atoms with Crippen molar-refractivity contribution in [2.24, 2.45) is 0 Å². The number of anilines is 1. The highest BCUT2D eigenvalue weighted by atomic mass is 32.2. The van der Waals surface area contributed by atoms with Crippen LogP contribution in [0.3, 0.4) is 0 Å². The number of amides is 1. The smallest absolute Gasteiger partial charge is 0.240 e. The molecule has 1 aromatic heterocycles. The molecule has 1 amide bonds. The van der Waals surface area contributed by atoms with Crippen LogP contribution in [0.4, 0.5) is 5.69 Å². The molecule has 4 heteroatoms. The molecule has 0 spiro atoms. The predicted octanol–water partition coefficient (Wildman–Crippen LogP) is 3.88. The van der Waals surface area contributed by atoms with Crippen molar-refractivity contribution in [2.45, 2.75) is 37.3 Å². The van der Waals surface area contributed by atoms with Crippen molar-refractivity contribution < 1.29 is 9.21 Å². The van der Waals surface area contributed by atoms with E-state index in [0.717, 1.165) is 23.6 Å². The van der Waals surface area contributed by atoms with E-state index in [-0.39, 0.29) is 17.2 Å². The number of thioether (sulfide) groups is 1. The van der Waals surface area contributed by atoms with Crippen molar-refractivity contribution in [3.8, 4) is 0 Å². The van der Waals surface area contributed by atoms with Gasteiger partial charge in [-0.1, -0.05) is 18.2 Å². The van der Waals surface area contributed by atoms with Crippen molar-refractivity contribution >= 4 is 23.4 Å². The van der Waals surface area contributed by atoms with Crippen molar-refractivity contribution in [1.29, 1.82) is 0 Å². The number of para-hydroxylation sites is 1. The van der Waals surface area contributed by atoms with E-state index in [9.17, 15) is 4.79 Å². The molecule has 110 valence electrons. The van der Waals surface area contributed by atoms with E-state index in [0.29, 0.717) is 0 Å². The van der Waals surface area contributed by atoms with Gasteiger partial charge in [-0.15, -0.1) is 11.8 Å². The van der Waals surface area contributed by atoms with Crippen LogP contribution in [-0.2, 0) is 17.0 Å². The first-order chi connectivity index (χ1) is 10.2. The van der Waals surface area contributed by atoms with Crippen molar-refractivity contribution in [3.63, 3.8) is 0 Å². The maximum absolute atomic E-state index is 12.8. The minimum atomic E-state index is -0.0799. The summed E-state index contributed by atoms with van der Waals surface area (Å²) in [6, 6.07) is 12.2. The van der Waals surface area contributed by atoms with Gasteiger partial charge < -0.3 is 9.32 Å². The first kappa shape index (κ1) is 14.3. The molecule has 1 aliphatic heterocycles. The third-order valence-corrected chi connectivity index (χ3v) is 5.00. The third-order valence-electron chi connectivity index (χ3n) is 3.85. The topological polar surface area (TPSA) is 33.5 Å². The number of hydrogen-bond acceptors (Lipinski definition) is 3. The Labute approximate surface area is 129 Å². The first-order valence-corrected chi connectivity index (χ1v) is 8.26. The summed E-state index contributed by atoms with van der Waals surface area (Å²) in [5.74, 6) is 1.82. The van der Waals surface area contributed by atoms with Crippen LogP contribution in [0.2, 0.25) is 0 Å². The van der Waals surface area contributed by atoms with Gasteiger partial charge in [0.25, 0.3) is 0 Å². The van der Waals surface area contributed by atoms with E-state index >= 15 is 0 Å². The maximum Gasteiger partial charge on any atom is 0.240 e. The second-order valence-corrected chi connectivity index (χ2v) is 6.75. The fourth-order valence-electron chi connectivity index (χ4n) is 2.77. The zero-order valence-electron chi connectivity index (χ0n) is 12.3. The minimum absolute atomic E-state index is 0.0799. The fraction of sp³-hybridized carbons (Fsp3) is 0.353. The molecular formula is C17H19NO2S. The van der Waals surface area contributed by atoms with Gasteiger partial charge in [0.05, 0.1) is 17.3 Å². The molecule has 2 atom stereocenters. The van der Waals surface area contributed by atoms with Crippen molar-refractivity contribution in [3.05, 3.63) is 54.0 Å². The quantitative estimate of drug-likeness (QED) is 0.859. The lowest BCUT2D eigenvalue weighted by atomic mass is 10.1. The van der Waals surface area contributed by atoms with Gasteiger partial charge in [0.2, 0.25) is 5.91 Å². The number of fused-ring (bicyclic) bond motifs is 1. The summed E-state index contributed by atoms with van der Waals surface area (Å²) >= 11 is 1.62. The lowest BCUT2D eigenvalue weighted by Gasteiger charge is -2.25. The van der Waals surface area contributed by atoms with Gasteiger partial charge in [-0.2, -0.15) is 0 Å². The molecule has 0 aliphatic carbocycles. The summed E-state index contributed by atoms with van der Waals surface area (Å²) in [5, 5.41) is -0.0799. The molecule has 21 heavy (non-hydrogen) atoms. The van der Waals surface area contributed by atoms with Gasteiger partial charge in [0, 0.05) is 11.7 Å². The zero-order valence-corrected chi connectivity index (χ0v) is 13.1. The maximum atomic E-state index is 12.8. The minimum Gasteiger partial charge on any atom is -0.468 e. The van der Waals surface area contributed by atoms with Crippen molar-refractivity contribution in [2.75, 3.05) is 4.90 Å². The van der Waals surface area contributed by atoms with E-state index < -0.39 is 0 Å². The van der Waals surface area contributed by atoms with Crippen LogP contribution in [-0.4, -0.2) is 17.2 Å². The second kappa shape index (κ2) is 5.98.